The van der Waals surface area contributed by atoms with E-state index < -0.39 is 0 Å². The Labute approximate surface area is 211 Å². The molecule has 8 heteroatoms. The Morgan fingerprint density at radius 2 is 1.89 bits per heavy atom. The summed E-state index contributed by atoms with van der Waals surface area (Å²) in [6.07, 6.45) is 8.84. The molecule has 4 aromatic rings. The first-order chi connectivity index (χ1) is 17.4. The fourth-order valence-corrected chi connectivity index (χ4v) is 4.96. The van der Waals surface area contributed by atoms with E-state index in [-0.39, 0.29) is 24.2 Å². The number of fused-ring (bicyclic) bond motifs is 1. The number of carbonyl (C=O) groups excluding carboxylic acids is 2. The van der Waals surface area contributed by atoms with Gasteiger partial charge in [-0.25, -0.2) is 14.5 Å². The third kappa shape index (κ3) is 4.67. The molecule has 1 aliphatic heterocycles. The van der Waals surface area contributed by atoms with Gasteiger partial charge in [0, 0.05) is 55.8 Å². The fourth-order valence-electron chi connectivity index (χ4n) is 4.96. The average Bonchev–Trinajstić information content (AvgIpc) is 3.45. The van der Waals surface area contributed by atoms with Gasteiger partial charge in [-0.1, -0.05) is 44.0 Å². The van der Waals surface area contributed by atoms with Gasteiger partial charge in [-0.3, -0.25) is 9.59 Å². The Kier molecular flexibility index (Phi) is 6.67. The molecular weight excluding hydrogens is 452 g/mol. The van der Waals surface area contributed by atoms with Gasteiger partial charge < -0.3 is 9.47 Å². The molecule has 1 aromatic carbocycles. The molecular formula is C28H32N6O2. The second-order valence-corrected chi connectivity index (χ2v) is 9.64. The topological polar surface area (TPSA) is 85.4 Å². The van der Waals surface area contributed by atoms with Gasteiger partial charge in [0.1, 0.15) is 5.69 Å². The number of amides is 1. The molecule has 36 heavy (non-hydrogen) atoms. The molecule has 8 nitrogen and oxygen atoms in total. The van der Waals surface area contributed by atoms with Crippen molar-refractivity contribution in [1.82, 2.24) is 29.0 Å². The van der Waals surface area contributed by atoms with Crippen molar-refractivity contribution in [3.05, 3.63) is 71.6 Å². The number of likely N-dealkylation sites (tertiary alicyclic amines) is 1. The van der Waals surface area contributed by atoms with E-state index >= 15 is 0 Å². The number of aryl methyl sites for hydroxylation is 2. The molecule has 5 rings (SSSR count). The van der Waals surface area contributed by atoms with Gasteiger partial charge in [-0.2, -0.15) is 5.10 Å². The van der Waals surface area contributed by atoms with Crippen LogP contribution in [0, 0.1) is 0 Å². The summed E-state index contributed by atoms with van der Waals surface area (Å²) in [5, 5.41) is 4.79. The summed E-state index contributed by atoms with van der Waals surface area (Å²) in [7, 11) is 1.82. The molecule has 0 saturated carbocycles. The predicted octanol–water partition coefficient (Wildman–Crippen LogP) is 4.52. The molecule has 1 fully saturated rings. The fraction of sp³-hybridized carbons (Fsp3) is 0.393. The maximum Gasteiger partial charge on any atom is 0.272 e. The first-order valence-electron chi connectivity index (χ1n) is 12.7. The van der Waals surface area contributed by atoms with Crippen molar-refractivity contribution in [1.29, 1.82) is 0 Å². The second-order valence-electron chi connectivity index (χ2n) is 9.64. The maximum absolute atomic E-state index is 13.4. The van der Waals surface area contributed by atoms with Crippen LogP contribution in [0.4, 0.5) is 0 Å². The molecule has 0 bridgehead atoms. The largest absolute Gasteiger partial charge is 0.335 e. The third-order valence-electron chi connectivity index (χ3n) is 7.08. The molecule has 0 spiro atoms. The second kappa shape index (κ2) is 10.0. The minimum atomic E-state index is -0.0179. The lowest BCUT2D eigenvalue weighted by Crippen LogP contribution is -2.38. The van der Waals surface area contributed by atoms with Gasteiger partial charge in [0.2, 0.25) is 5.78 Å². The number of rotatable bonds is 6. The zero-order valence-corrected chi connectivity index (χ0v) is 21.1. The van der Waals surface area contributed by atoms with Crippen molar-refractivity contribution < 1.29 is 9.59 Å². The molecule has 1 unspecified atom stereocenters. The molecule has 186 valence electrons. The van der Waals surface area contributed by atoms with Crippen LogP contribution < -0.4 is 0 Å². The van der Waals surface area contributed by atoms with Crippen molar-refractivity contribution in [2.75, 3.05) is 6.54 Å². The average molecular weight is 485 g/mol. The minimum absolute atomic E-state index is 0.00563. The van der Waals surface area contributed by atoms with Crippen molar-refractivity contribution in [2.24, 2.45) is 7.05 Å². The van der Waals surface area contributed by atoms with E-state index in [1.54, 1.807) is 17.0 Å². The van der Waals surface area contributed by atoms with Gasteiger partial charge in [-0.05, 0) is 37.8 Å². The lowest BCUT2D eigenvalue weighted by molar-refractivity contribution is 0.0691. The molecule has 1 aliphatic rings. The summed E-state index contributed by atoms with van der Waals surface area (Å²) >= 11 is 0. The van der Waals surface area contributed by atoms with Gasteiger partial charge >= 0.3 is 0 Å². The highest BCUT2D eigenvalue weighted by molar-refractivity contribution is 5.94. The van der Waals surface area contributed by atoms with Crippen LogP contribution >= 0.6 is 0 Å². The van der Waals surface area contributed by atoms with Crippen molar-refractivity contribution in [3.8, 4) is 11.3 Å². The predicted molar refractivity (Wildman–Crippen MR) is 138 cm³/mol. The molecule has 1 atom stereocenters. The van der Waals surface area contributed by atoms with Crippen molar-refractivity contribution in [3.63, 3.8) is 0 Å². The lowest BCUT2D eigenvalue weighted by Gasteiger charge is -2.27. The summed E-state index contributed by atoms with van der Waals surface area (Å²) < 4.78 is 3.56. The van der Waals surface area contributed by atoms with E-state index in [9.17, 15) is 9.59 Å². The number of benzene rings is 1. The zero-order valence-electron chi connectivity index (χ0n) is 21.1. The van der Waals surface area contributed by atoms with E-state index in [1.165, 1.54) is 12.8 Å². The van der Waals surface area contributed by atoms with E-state index in [0.29, 0.717) is 17.2 Å². The van der Waals surface area contributed by atoms with Crippen LogP contribution in [0.1, 0.15) is 71.9 Å². The molecule has 3 aromatic heterocycles. The number of carbonyl (C=O) groups is 2. The number of imidazole rings is 1. The smallest absolute Gasteiger partial charge is 0.272 e. The maximum atomic E-state index is 13.4. The van der Waals surface area contributed by atoms with Gasteiger partial charge in [-0.15, -0.1) is 0 Å². The van der Waals surface area contributed by atoms with Crippen LogP contribution in [0.25, 0.3) is 16.9 Å². The Bertz CT molecular complexity index is 1400. The van der Waals surface area contributed by atoms with Crippen LogP contribution in [0.5, 0.6) is 0 Å². The number of ketones is 1. The number of hydrogen-bond donors (Lipinski definition) is 0. The van der Waals surface area contributed by atoms with E-state index in [0.717, 1.165) is 48.3 Å². The summed E-state index contributed by atoms with van der Waals surface area (Å²) in [5.41, 5.74) is 4.75. The monoisotopic (exact) mass is 484 g/mol. The number of hydrogen-bond acceptors (Lipinski definition) is 5. The Morgan fingerprint density at radius 3 is 2.61 bits per heavy atom. The highest BCUT2D eigenvalue weighted by Crippen LogP contribution is 2.23. The standard InChI is InChI=1S/C28H32N6O2/c1-4-22-17-24(28(36)33-14-7-5-6-8-19(33)2)30-26-18-23(31-34(22)26)21-11-9-20(10-12-21)16-25(35)27-29-13-15-32(27)3/h9-13,15,17-19H,4-8,14,16H2,1-3H3. The van der Waals surface area contributed by atoms with Crippen LogP contribution in [0.3, 0.4) is 0 Å². The normalized spacial score (nSPS) is 16.3. The molecule has 0 aliphatic carbocycles. The highest BCUT2D eigenvalue weighted by Gasteiger charge is 2.25. The number of aromatic nitrogens is 5. The minimum Gasteiger partial charge on any atom is -0.335 e. The Hall–Kier alpha value is -3.81. The van der Waals surface area contributed by atoms with E-state index in [1.807, 2.05) is 52.9 Å². The Morgan fingerprint density at radius 1 is 1.08 bits per heavy atom. The zero-order chi connectivity index (χ0) is 25.2. The van der Waals surface area contributed by atoms with Gasteiger partial charge in [0.25, 0.3) is 5.91 Å². The van der Waals surface area contributed by atoms with E-state index in [2.05, 4.69) is 18.8 Å². The quantitative estimate of drug-likeness (QED) is 0.376. The summed E-state index contributed by atoms with van der Waals surface area (Å²) in [5.74, 6) is 0.444. The summed E-state index contributed by atoms with van der Waals surface area (Å²) in [6.45, 7) is 4.98. The highest BCUT2D eigenvalue weighted by atomic mass is 16.2. The van der Waals surface area contributed by atoms with Crippen molar-refractivity contribution >= 4 is 17.3 Å². The molecule has 4 heterocycles. The first kappa shape index (κ1) is 23.9. The van der Waals surface area contributed by atoms with Crippen LogP contribution in [-0.2, 0) is 19.9 Å². The van der Waals surface area contributed by atoms with E-state index in [4.69, 9.17) is 10.1 Å². The molecule has 0 N–H and O–H groups in total. The van der Waals surface area contributed by atoms with Gasteiger partial charge in [0.15, 0.2) is 11.5 Å². The summed E-state index contributed by atoms with van der Waals surface area (Å²) in [4.78, 5) is 36.8. The number of Topliss-reactive ketones (excluding diaryl/α,β-unsaturated/α-hetero) is 1. The molecule has 1 amide bonds. The molecule has 0 radical (unpaired) electrons. The number of nitrogens with zero attached hydrogens (tertiary/aromatic N) is 6. The van der Waals surface area contributed by atoms with Crippen molar-refractivity contribution in [2.45, 2.75) is 58.4 Å². The van der Waals surface area contributed by atoms with Gasteiger partial charge in [0.05, 0.1) is 5.69 Å². The third-order valence-corrected chi connectivity index (χ3v) is 7.08. The van der Waals surface area contributed by atoms with Crippen LogP contribution in [0.15, 0.2) is 48.8 Å². The van der Waals surface area contributed by atoms with Crippen LogP contribution in [-0.4, -0.2) is 53.3 Å². The SMILES string of the molecule is CCc1cc(C(=O)N2CCCCCC2C)nc2cc(-c3ccc(CC(=O)c4nccn4C)cc3)nn12. The van der Waals surface area contributed by atoms with Crippen LogP contribution in [0.2, 0.25) is 0 Å². The summed E-state index contributed by atoms with van der Waals surface area (Å²) in [6, 6.07) is 11.9. The first-order valence-corrected chi connectivity index (χ1v) is 12.7. The lowest BCUT2D eigenvalue weighted by atomic mass is 10.0. The Balaban J connectivity index is 1.40. The molecule has 1 saturated heterocycles.